The van der Waals surface area contributed by atoms with E-state index >= 15 is 0 Å². The van der Waals surface area contributed by atoms with Gasteiger partial charge in [-0.2, -0.15) is 0 Å². The van der Waals surface area contributed by atoms with Gasteiger partial charge >= 0.3 is 0 Å². The Morgan fingerprint density at radius 3 is 2.67 bits per heavy atom. The lowest BCUT2D eigenvalue weighted by Gasteiger charge is -2.11. The lowest BCUT2D eigenvalue weighted by Crippen LogP contribution is -2.33. The van der Waals surface area contributed by atoms with Crippen LogP contribution in [0.5, 0.6) is 0 Å². The summed E-state index contributed by atoms with van der Waals surface area (Å²) in [5, 5.41) is 5.71. The fourth-order valence-electron chi connectivity index (χ4n) is 2.63. The predicted octanol–water partition coefficient (Wildman–Crippen LogP) is 2.73. The van der Waals surface area contributed by atoms with Crippen LogP contribution in [0.1, 0.15) is 28.8 Å². The lowest BCUT2D eigenvalue weighted by atomic mass is 10.1. The molecule has 1 atom stereocenters. The summed E-state index contributed by atoms with van der Waals surface area (Å²) in [5.41, 5.74) is 2.18. The zero-order chi connectivity index (χ0) is 16.8. The first-order chi connectivity index (χ1) is 11.7. The molecule has 2 N–H and O–H groups in total. The molecule has 0 aromatic heterocycles. The van der Waals surface area contributed by atoms with Gasteiger partial charge in [0.05, 0.1) is 0 Å². The molecule has 0 spiro atoms. The zero-order valence-corrected chi connectivity index (χ0v) is 13.3. The van der Waals surface area contributed by atoms with Gasteiger partial charge in [0.1, 0.15) is 6.10 Å². The number of carbonyl (C=O) groups is 2. The molecule has 1 saturated heterocycles. The number of para-hydroxylation sites is 1. The van der Waals surface area contributed by atoms with Crippen molar-refractivity contribution in [3.05, 3.63) is 65.7 Å². The number of anilines is 1. The highest BCUT2D eigenvalue weighted by molar-refractivity contribution is 6.04. The lowest BCUT2D eigenvalue weighted by molar-refractivity contribution is -0.130. The van der Waals surface area contributed by atoms with Gasteiger partial charge in [-0.25, -0.2) is 0 Å². The molecule has 2 amide bonds. The van der Waals surface area contributed by atoms with E-state index in [2.05, 4.69) is 10.6 Å². The number of hydrogen-bond donors (Lipinski definition) is 2. The van der Waals surface area contributed by atoms with Gasteiger partial charge in [-0.05, 0) is 42.7 Å². The molecule has 124 valence electrons. The van der Waals surface area contributed by atoms with Crippen molar-refractivity contribution in [1.82, 2.24) is 5.32 Å². The normalized spacial score (nSPS) is 16.6. The Morgan fingerprint density at radius 1 is 1.08 bits per heavy atom. The van der Waals surface area contributed by atoms with E-state index in [0.29, 0.717) is 18.7 Å². The van der Waals surface area contributed by atoms with Crippen molar-refractivity contribution in [3.63, 3.8) is 0 Å². The molecule has 5 nitrogen and oxygen atoms in total. The van der Waals surface area contributed by atoms with Gasteiger partial charge in [-0.1, -0.05) is 30.3 Å². The number of ether oxygens (including phenoxy) is 1. The summed E-state index contributed by atoms with van der Waals surface area (Å²) < 4.78 is 5.36. The Kier molecular flexibility index (Phi) is 5.23. The largest absolute Gasteiger partial charge is 0.368 e. The monoisotopic (exact) mass is 324 g/mol. The second kappa shape index (κ2) is 7.75. The predicted molar refractivity (Wildman–Crippen MR) is 91.7 cm³/mol. The van der Waals surface area contributed by atoms with E-state index in [-0.39, 0.29) is 17.9 Å². The standard InChI is InChI=1S/C19H20N2O3/c22-18(21-16-8-2-1-3-9-16)15-7-4-6-14(12-15)13-20-19(23)17-10-5-11-24-17/h1-4,6-9,12,17H,5,10-11,13H2,(H,20,23)(H,21,22). The number of rotatable bonds is 5. The van der Waals surface area contributed by atoms with E-state index in [1.54, 1.807) is 12.1 Å². The summed E-state index contributed by atoms with van der Waals surface area (Å²) in [6.45, 7) is 1.03. The number of carbonyl (C=O) groups excluding carboxylic acids is 2. The molecular formula is C19H20N2O3. The fraction of sp³-hybridized carbons (Fsp3) is 0.263. The van der Waals surface area contributed by atoms with Crippen LogP contribution >= 0.6 is 0 Å². The van der Waals surface area contributed by atoms with E-state index in [1.807, 2.05) is 42.5 Å². The minimum absolute atomic E-state index is 0.0911. The van der Waals surface area contributed by atoms with Gasteiger partial charge < -0.3 is 15.4 Å². The number of amides is 2. The molecule has 3 rings (SSSR count). The summed E-state index contributed by atoms with van der Waals surface area (Å²) in [7, 11) is 0. The molecule has 0 bridgehead atoms. The van der Waals surface area contributed by atoms with Crippen molar-refractivity contribution in [2.75, 3.05) is 11.9 Å². The van der Waals surface area contributed by atoms with Crippen LogP contribution in [-0.2, 0) is 16.1 Å². The smallest absolute Gasteiger partial charge is 0.255 e. The molecule has 1 aliphatic rings. The molecule has 0 radical (unpaired) electrons. The molecule has 5 heteroatoms. The van der Waals surface area contributed by atoms with Crippen LogP contribution < -0.4 is 10.6 Å². The number of benzene rings is 2. The maximum absolute atomic E-state index is 12.3. The highest BCUT2D eigenvalue weighted by Crippen LogP contribution is 2.13. The third kappa shape index (κ3) is 4.20. The Hall–Kier alpha value is -2.66. The second-order valence-electron chi connectivity index (χ2n) is 5.74. The average molecular weight is 324 g/mol. The van der Waals surface area contributed by atoms with Crippen LogP contribution in [0.15, 0.2) is 54.6 Å². The molecule has 1 unspecified atom stereocenters. The summed E-state index contributed by atoms with van der Waals surface area (Å²) >= 11 is 0. The minimum atomic E-state index is -0.338. The Labute approximate surface area is 141 Å². The summed E-state index contributed by atoms with van der Waals surface area (Å²) in [5.74, 6) is -0.264. The molecule has 1 heterocycles. The average Bonchev–Trinajstić information content (AvgIpc) is 3.15. The van der Waals surface area contributed by atoms with E-state index in [0.717, 1.165) is 24.1 Å². The van der Waals surface area contributed by atoms with Crippen LogP contribution in [0, 0.1) is 0 Å². The highest BCUT2D eigenvalue weighted by Gasteiger charge is 2.23. The maximum atomic E-state index is 12.3. The van der Waals surface area contributed by atoms with E-state index in [9.17, 15) is 9.59 Å². The molecule has 2 aromatic rings. The molecule has 24 heavy (non-hydrogen) atoms. The van der Waals surface area contributed by atoms with Crippen LogP contribution in [0.4, 0.5) is 5.69 Å². The van der Waals surface area contributed by atoms with E-state index < -0.39 is 0 Å². The van der Waals surface area contributed by atoms with E-state index in [4.69, 9.17) is 4.74 Å². The first kappa shape index (κ1) is 16.2. The Bertz CT molecular complexity index is 710. The summed E-state index contributed by atoms with van der Waals surface area (Å²) in [6.07, 6.45) is 1.35. The Balaban J connectivity index is 1.59. The third-order valence-corrected chi connectivity index (χ3v) is 3.91. The molecule has 0 saturated carbocycles. The first-order valence-electron chi connectivity index (χ1n) is 8.07. The molecular weight excluding hydrogens is 304 g/mol. The summed E-state index contributed by atoms with van der Waals surface area (Å²) in [4.78, 5) is 24.3. The molecule has 1 aliphatic heterocycles. The van der Waals surface area contributed by atoms with Gasteiger partial charge in [-0.15, -0.1) is 0 Å². The van der Waals surface area contributed by atoms with Crippen LogP contribution in [0.2, 0.25) is 0 Å². The van der Waals surface area contributed by atoms with E-state index in [1.165, 1.54) is 0 Å². The first-order valence-corrected chi connectivity index (χ1v) is 8.07. The van der Waals surface area contributed by atoms with Crippen molar-refractivity contribution in [2.45, 2.75) is 25.5 Å². The van der Waals surface area contributed by atoms with Gasteiger partial charge in [-0.3, -0.25) is 9.59 Å². The van der Waals surface area contributed by atoms with Crippen LogP contribution in [-0.4, -0.2) is 24.5 Å². The highest BCUT2D eigenvalue weighted by atomic mass is 16.5. The molecule has 2 aromatic carbocycles. The van der Waals surface area contributed by atoms with Gasteiger partial charge in [0.25, 0.3) is 5.91 Å². The van der Waals surface area contributed by atoms with Crippen LogP contribution in [0.3, 0.4) is 0 Å². The maximum Gasteiger partial charge on any atom is 0.255 e. The van der Waals surface area contributed by atoms with Gasteiger partial charge in [0.2, 0.25) is 5.91 Å². The van der Waals surface area contributed by atoms with Crippen molar-refractivity contribution < 1.29 is 14.3 Å². The topological polar surface area (TPSA) is 67.4 Å². The van der Waals surface area contributed by atoms with Crippen molar-refractivity contribution >= 4 is 17.5 Å². The summed E-state index contributed by atoms with van der Waals surface area (Å²) in [6, 6.07) is 16.5. The minimum Gasteiger partial charge on any atom is -0.368 e. The van der Waals surface area contributed by atoms with Crippen molar-refractivity contribution in [3.8, 4) is 0 Å². The Morgan fingerprint density at radius 2 is 1.92 bits per heavy atom. The number of nitrogens with one attached hydrogen (secondary N) is 2. The van der Waals surface area contributed by atoms with Crippen molar-refractivity contribution in [2.24, 2.45) is 0 Å². The molecule has 1 fully saturated rings. The SMILES string of the molecule is O=C(Nc1ccccc1)c1cccc(CNC(=O)C2CCCO2)c1. The molecule has 0 aliphatic carbocycles. The number of hydrogen-bond acceptors (Lipinski definition) is 3. The van der Waals surface area contributed by atoms with Crippen molar-refractivity contribution in [1.29, 1.82) is 0 Å². The fourth-order valence-corrected chi connectivity index (χ4v) is 2.63. The quantitative estimate of drug-likeness (QED) is 0.888. The van der Waals surface area contributed by atoms with Crippen LogP contribution in [0.25, 0.3) is 0 Å². The zero-order valence-electron chi connectivity index (χ0n) is 13.3. The van der Waals surface area contributed by atoms with Gasteiger partial charge in [0, 0.05) is 24.4 Å². The van der Waals surface area contributed by atoms with Gasteiger partial charge in [0.15, 0.2) is 0 Å². The second-order valence-corrected chi connectivity index (χ2v) is 5.74. The third-order valence-electron chi connectivity index (χ3n) is 3.91.